The molecule has 0 radical (unpaired) electrons. The van der Waals surface area contributed by atoms with E-state index in [9.17, 15) is 8.42 Å². The van der Waals surface area contributed by atoms with E-state index < -0.39 is 9.84 Å². The monoisotopic (exact) mass is 278 g/mol. The van der Waals surface area contributed by atoms with Gasteiger partial charge in [0, 0.05) is 6.04 Å². The summed E-state index contributed by atoms with van der Waals surface area (Å²) in [4.78, 5) is 8.65. The SMILES string of the molecule is Nc1nc2ccccc2nc1NC1CCS(=O)(=O)C1. The van der Waals surface area contributed by atoms with Gasteiger partial charge in [-0.3, -0.25) is 0 Å². The van der Waals surface area contributed by atoms with Gasteiger partial charge in [0.05, 0.1) is 22.5 Å². The predicted molar refractivity (Wildman–Crippen MR) is 74.6 cm³/mol. The molecular weight excluding hydrogens is 264 g/mol. The molecule has 6 nitrogen and oxygen atoms in total. The van der Waals surface area contributed by atoms with E-state index in [1.807, 2.05) is 24.3 Å². The second-order valence-electron chi connectivity index (χ2n) is 4.69. The molecule has 3 rings (SSSR count). The zero-order chi connectivity index (χ0) is 13.5. The van der Waals surface area contributed by atoms with Crippen LogP contribution in [0.1, 0.15) is 6.42 Å². The van der Waals surface area contributed by atoms with E-state index in [0.29, 0.717) is 18.1 Å². The molecule has 19 heavy (non-hydrogen) atoms. The predicted octanol–water partition coefficient (Wildman–Crippen LogP) is 0.811. The van der Waals surface area contributed by atoms with Crippen molar-refractivity contribution in [3.05, 3.63) is 24.3 Å². The number of fused-ring (bicyclic) bond motifs is 1. The quantitative estimate of drug-likeness (QED) is 0.843. The molecule has 100 valence electrons. The van der Waals surface area contributed by atoms with Crippen LogP contribution in [-0.2, 0) is 9.84 Å². The first-order chi connectivity index (χ1) is 9.03. The van der Waals surface area contributed by atoms with Gasteiger partial charge in [-0.05, 0) is 18.6 Å². The third kappa shape index (κ3) is 2.46. The van der Waals surface area contributed by atoms with Crippen molar-refractivity contribution in [2.75, 3.05) is 22.6 Å². The maximum Gasteiger partial charge on any atom is 0.169 e. The molecule has 2 heterocycles. The van der Waals surface area contributed by atoms with E-state index in [-0.39, 0.29) is 17.5 Å². The smallest absolute Gasteiger partial charge is 0.169 e. The summed E-state index contributed by atoms with van der Waals surface area (Å²) < 4.78 is 22.8. The zero-order valence-corrected chi connectivity index (χ0v) is 11.0. The minimum atomic E-state index is -2.92. The van der Waals surface area contributed by atoms with Crippen LogP contribution in [0.3, 0.4) is 0 Å². The van der Waals surface area contributed by atoms with Crippen LogP contribution in [0, 0.1) is 0 Å². The van der Waals surface area contributed by atoms with Crippen LogP contribution < -0.4 is 11.1 Å². The van der Waals surface area contributed by atoms with Crippen molar-refractivity contribution >= 4 is 32.5 Å². The molecule has 0 bridgehead atoms. The largest absolute Gasteiger partial charge is 0.381 e. The number of sulfone groups is 1. The molecule has 0 amide bonds. The molecule has 2 aromatic rings. The Hall–Kier alpha value is -1.89. The van der Waals surface area contributed by atoms with Gasteiger partial charge >= 0.3 is 0 Å². The summed E-state index contributed by atoms with van der Waals surface area (Å²) in [7, 11) is -2.92. The minimum absolute atomic E-state index is 0.126. The van der Waals surface area contributed by atoms with E-state index in [0.717, 1.165) is 11.0 Å². The molecule has 1 aliphatic rings. The van der Waals surface area contributed by atoms with Crippen LogP contribution in [0.4, 0.5) is 11.6 Å². The Balaban J connectivity index is 1.91. The average Bonchev–Trinajstić information content (AvgIpc) is 2.70. The van der Waals surface area contributed by atoms with Crippen molar-refractivity contribution in [3.63, 3.8) is 0 Å². The van der Waals surface area contributed by atoms with Crippen molar-refractivity contribution in [1.82, 2.24) is 9.97 Å². The molecule has 1 aromatic heterocycles. The summed E-state index contributed by atoms with van der Waals surface area (Å²) in [6.45, 7) is 0. The van der Waals surface area contributed by atoms with Crippen molar-refractivity contribution in [2.45, 2.75) is 12.5 Å². The van der Waals surface area contributed by atoms with E-state index >= 15 is 0 Å². The molecule has 7 heteroatoms. The fourth-order valence-corrected chi connectivity index (χ4v) is 3.90. The summed E-state index contributed by atoms with van der Waals surface area (Å²) in [5, 5.41) is 3.08. The summed E-state index contributed by atoms with van der Waals surface area (Å²) in [5.41, 5.74) is 7.31. The van der Waals surface area contributed by atoms with Crippen molar-refractivity contribution in [3.8, 4) is 0 Å². The van der Waals surface area contributed by atoms with Crippen LogP contribution in [0.25, 0.3) is 11.0 Å². The second kappa shape index (κ2) is 4.34. The fraction of sp³-hybridized carbons (Fsp3) is 0.333. The Labute approximate surface area is 111 Å². The summed E-state index contributed by atoms with van der Waals surface area (Å²) in [6, 6.07) is 7.29. The lowest BCUT2D eigenvalue weighted by molar-refractivity contribution is 0.602. The maximum atomic E-state index is 11.4. The van der Waals surface area contributed by atoms with Gasteiger partial charge in [-0.25, -0.2) is 18.4 Å². The first-order valence-corrected chi connectivity index (χ1v) is 7.85. The highest BCUT2D eigenvalue weighted by atomic mass is 32.2. The molecule has 1 fully saturated rings. The minimum Gasteiger partial charge on any atom is -0.381 e. The van der Waals surface area contributed by atoms with Gasteiger partial charge < -0.3 is 11.1 Å². The second-order valence-corrected chi connectivity index (χ2v) is 6.92. The first-order valence-electron chi connectivity index (χ1n) is 6.03. The number of nitrogens with zero attached hydrogens (tertiary/aromatic N) is 2. The highest BCUT2D eigenvalue weighted by Crippen LogP contribution is 2.22. The van der Waals surface area contributed by atoms with Crippen LogP contribution in [0.5, 0.6) is 0 Å². The fourth-order valence-electron chi connectivity index (χ4n) is 2.22. The molecule has 0 spiro atoms. The maximum absolute atomic E-state index is 11.4. The number of nitrogens with one attached hydrogen (secondary N) is 1. The molecule has 1 aliphatic heterocycles. The van der Waals surface area contributed by atoms with Crippen molar-refractivity contribution in [1.29, 1.82) is 0 Å². The lowest BCUT2D eigenvalue weighted by atomic mass is 10.2. The number of nitrogen functional groups attached to an aromatic ring is 1. The number of nitrogens with two attached hydrogens (primary N) is 1. The molecule has 1 atom stereocenters. The molecule has 1 aromatic carbocycles. The number of anilines is 2. The Kier molecular flexibility index (Phi) is 2.78. The topological polar surface area (TPSA) is 98.0 Å². The molecular formula is C12H14N4O2S. The van der Waals surface area contributed by atoms with Gasteiger partial charge in [0.1, 0.15) is 0 Å². The Bertz CT molecular complexity index is 730. The number of hydrogen-bond donors (Lipinski definition) is 2. The molecule has 0 saturated carbocycles. The van der Waals surface area contributed by atoms with Gasteiger partial charge in [-0.2, -0.15) is 0 Å². The lowest BCUT2D eigenvalue weighted by Gasteiger charge is -2.13. The van der Waals surface area contributed by atoms with Gasteiger partial charge in [-0.1, -0.05) is 12.1 Å². The van der Waals surface area contributed by atoms with E-state index in [2.05, 4.69) is 15.3 Å². The first kappa shape index (κ1) is 12.2. The summed E-state index contributed by atoms with van der Waals surface area (Å²) >= 11 is 0. The van der Waals surface area contributed by atoms with Crippen molar-refractivity contribution < 1.29 is 8.42 Å². The van der Waals surface area contributed by atoms with Crippen LogP contribution >= 0.6 is 0 Å². The standard InChI is InChI=1S/C12H14N4O2S/c13-11-12(14-8-5-6-19(17,18)7-8)16-10-4-2-1-3-9(10)15-11/h1-4,8H,5-7H2,(H2,13,15)(H,14,16). The Morgan fingerprint density at radius 2 is 1.89 bits per heavy atom. The van der Waals surface area contributed by atoms with E-state index in [4.69, 9.17) is 5.73 Å². The highest BCUT2D eigenvalue weighted by molar-refractivity contribution is 7.91. The third-order valence-electron chi connectivity index (χ3n) is 3.17. The van der Waals surface area contributed by atoms with Crippen LogP contribution in [0.15, 0.2) is 24.3 Å². The van der Waals surface area contributed by atoms with Gasteiger partial charge in [-0.15, -0.1) is 0 Å². The Morgan fingerprint density at radius 3 is 2.53 bits per heavy atom. The van der Waals surface area contributed by atoms with E-state index in [1.54, 1.807) is 0 Å². The van der Waals surface area contributed by atoms with Gasteiger partial charge in [0.15, 0.2) is 21.5 Å². The van der Waals surface area contributed by atoms with Gasteiger partial charge in [0.25, 0.3) is 0 Å². The zero-order valence-electron chi connectivity index (χ0n) is 10.2. The average molecular weight is 278 g/mol. The lowest BCUT2D eigenvalue weighted by Crippen LogP contribution is -2.22. The number of hydrogen-bond acceptors (Lipinski definition) is 6. The van der Waals surface area contributed by atoms with E-state index in [1.165, 1.54) is 0 Å². The summed E-state index contributed by atoms with van der Waals surface area (Å²) in [6.07, 6.45) is 0.580. The molecule has 1 saturated heterocycles. The molecule has 3 N–H and O–H groups in total. The molecule has 0 aliphatic carbocycles. The Morgan fingerprint density at radius 1 is 1.21 bits per heavy atom. The molecule has 1 unspecified atom stereocenters. The number of para-hydroxylation sites is 2. The number of aromatic nitrogens is 2. The van der Waals surface area contributed by atoms with Crippen LogP contribution in [0.2, 0.25) is 0 Å². The normalized spacial score (nSPS) is 21.6. The number of benzene rings is 1. The highest BCUT2D eigenvalue weighted by Gasteiger charge is 2.28. The van der Waals surface area contributed by atoms with Crippen LogP contribution in [-0.4, -0.2) is 35.9 Å². The third-order valence-corrected chi connectivity index (χ3v) is 4.94. The summed E-state index contributed by atoms with van der Waals surface area (Å²) in [5.74, 6) is 1.09. The van der Waals surface area contributed by atoms with Gasteiger partial charge in [0.2, 0.25) is 0 Å². The number of rotatable bonds is 2. The van der Waals surface area contributed by atoms with Crippen molar-refractivity contribution in [2.24, 2.45) is 0 Å².